The van der Waals surface area contributed by atoms with Crippen molar-refractivity contribution >= 4 is 11.9 Å². The molecule has 0 aliphatic heterocycles. The molecule has 4 fully saturated rings. The molecule has 0 unspecified atom stereocenters. The molecule has 4 bridgehead atoms. The average molecular weight is 485 g/mol. The van der Waals surface area contributed by atoms with Crippen molar-refractivity contribution < 1.29 is 14.3 Å². The van der Waals surface area contributed by atoms with Gasteiger partial charge in [-0.05, 0) is 80.8 Å². The number of hydrogen-bond donors (Lipinski definition) is 1. The number of aromatic nitrogens is 3. The number of benzene rings is 2. The van der Waals surface area contributed by atoms with Gasteiger partial charge >= 0.3 is 5.97 Å². The number of hydrogen-bond acceptors (Lipinski definition) is 5. The van der Waals surface area contributed by atoms with Gasteiger partial charge in [0.1, 0.15) is 0 Å². The molecule has 1 aromatic heterocycles. The van der Waals surface area contributed by atoms with E-state index < -0.39 is 5.97 Å². The van der Waals surface area contributed by atoms with Crippen LogP contribution in [0.25, 0.3) is 17.1 Å². The molecule has 4 aliphatic rings. The van der Waals surface area contributed by atoms with E-state index in [2.05, 4.69) is 22.3 Å². The zero-order valence-electron chi connectivity index (χ0n) is 20.6. The lowest BCUT2D eigenvalue weighted by Gasteiger charge is -2.59. The lowest BCUT2D eigenvalue weighted by Crippen LogP contribution is -2.56. The van der Waals surface area contributed by atoms with E-state index in [1.165, 1.54) is 38.5 Å². The smallest absolute Gasteiger partial charge is 0.378 e. The van der Waals surface area contributed by atoms with Gasteiger partial charge < -0.3 is 10.1 Å². The summed E-state index contributed by atoms with van der Waals surface area (Å²) in [5.41, 5.74) is 1.81. The molecule has 0 spiro atoms. The minimum Gasteiger partial charge on any atom is -0.450 e. The summed E-state index contributed by atoms with van der Waals surface area (Å²) in [6, 6.07) is 19.2. The van der Waals surface area contributed by atoms with E-state index in [9.17, 15) is 9.59 Å². The summed E-state index contributed by atoms with van der Waals surface area (Å²) in [6.07, 6.45) is 7.73. The Morgan fingerprint density at radius 1 is 0.972 bits per heavy atom. The van der Waals surface area contributed by atoms with E-state index in [1.807, 2.05) is 60.7 Å². The minimum atomic E-state index is -0.709. The van der Waals surface area contributed by atoms with Gasteiger partial charge in [0, 0.05) is 11.6 Å². The Balaban J connectivity index is 1.13. The summed E-state index contributed by atoms with van der Waals surface area (Å²) < 4.78 is 6.99. The number of nitrogens with zero attached hydrogens (tertiary/aromatic N) is 3. The van der Waals surface area contributed by atoms with Crippen LogP contribution in [0.1, 0.15) is 56.1 Å². The molecule has 0 radical (unpaired) electrons. The van der Waals surface area contributed by atoms with Crippen LogP contribution in [0.2, 0.25) is 0 Å². The van der Waals surface area contributed by atoms with Gasteiger partial charge in [-0.25, -0.2) is 14.5 Å². The lowest BCUT2D eigenvalue weighted by atomic mass is 9.48. The highest BCUT2D eigenvalue weighted by Crippen LogP contribution is 2.61. The molecule has 36 heavy (non-hydrogen) atoms. The SMILES string of the molecule is C[C@@H](NC(=O)COC(=O)c1nc(-c2ccccc2)n(-c2ccccc2)n1)C12CC3CC(CC(C3)C1)C2. The molecule has 3 aromatic rings. The van der Waals surface area contributed by atoms with Crippen molar-refractivity contribution in [1.82, 2.24) is 20.1 Å². The molecule has 4 saturated carbocycles. The van der Waals surface area contributed by atoms with Gasteiger partial charge in [-0.3, -0.25) is 4.79 Å². The minimum absolute atomic E-state index is 0.0698. The van der Waals surface area contributed by atoms with E-state index >= 15 is 0 Å². The second-order valence-corrected chi connectivity index (χ2v) is 11.0. The first-order chi connectivity index (χ1) is 17.5. The quantitative estimate of drug-likeness (QED) is 0.486. The third-order valence-electron chi connectivity index (χ3n) is 8.54. The number of amides is 1. The molecule has 1 N–H and O–H groups in total. The molecule has 0 saturated heterocycles. The summed E-state index contributed by atoms with van der Waals surface area (Å²) in [5.74, 6) is 1.94. The van der Waals surface area contributed by atoms with E-state index in [4.69, 9.17) is 4.74 Å². The molecule has 1 amide bonds. The fourth-order valence-electron chi connectivity index (χ4n) is 7.26. The van der Waals surface area contributed by atoms with Gasteiger partial charge in [0.2, 0.25) is 0 Å². The van der Waals surface area contributed by atoms with Gasteiger partial charge in [-0.1, -0.05) is 48.5 Å². The fraction of sp³-hybridized carbons (Fsp3) is 0.448. The van der Waals surface area contributed by atoms with E-state index in [0.29, 0.717) is 5.82 Å². The van der Waals surface area contributed by atoms with E-state index in [-0.39, 0.29) is 29.8 Å². The van der Waals surface area contributed by atoms with Gasteiger partial charge in [0.15, 0.2) is 12.4 Å². The van der Waals surface area contributed by atoms with Crippen molar-refractivity contribution in [3.63, 3.8) is 0 Å². The standard InChI is InChI=1S/C29H32N4O3/c1-19(29-15-20-12-21(16-29)14-22(13-20)17-29)30-25(34)18-36-28(35)26-31-27(23-8-4-2-5-9-23)33(32-26)24-10-6-3-7-11-24/h2-11,19-22H,12-18H2,1H3,(H,30,34)/t19-,20?,21?,22?,29?/m1/s1. The molecule has 2 aromatic carbocycles. The topological polar surface area (TPSA) is 86.1 Å². The van der Waals surface area contributed by atoms with Crippen molar-refractivity contribution in [2.75, 3.05) is 6.61 Å². The molecular weight excluding hydrogens is 452 g/mol. The molecule has 7 heteroatoms. The van der Waals surface area contributed by atoms with Crippen molar-refractivity contribution in [1.29, 1.82) is 0 Å². The van der Waals surface area contributed by atoms with Crippen LogP contribution in [0.3, 0.4) is 0 Å². The fourth-order valence-corrected chi connectivity index (χ4v) is 7.26. The van der Waals surface area contributed by atoms with Crippen molar-refractivity contribution in [3.8, 4) is 17.1 Å². The number of nitrogens with one attached hydrogen (secondary N) is 1. The largest absolute Gasteiger partial charge is 0.450 e. The van der Waals surface area contributed by atoms with E-state index in [0.717, 1.165) is 29.0 Å². The number of carbonyl (C=O) groups excluding carboxylic acids is 2. The predicted molar refractivity (Wildman–Crippen MR) is 135 cm³/mol. The summed E-state index contributed by atoms with van der Waals surface area (Å²) in [5, 5.41) is 7.57. The van der Waals surface area contributed by atoms with Gasteiger partial charge in [0.25, 0.3) is 11.7 Å². The summed E-state index contributed by atoms with van der Waals surface area (Å²) in [6.45, 7) is 1.79. The van der Waals surface area contributed by atoms with Crippen LogP contribution >= 0.6 is 0 Å². The van der Waals surface area contributed by atoms with Crippen LogP contribution in [0.4, 0.5) is 0 Å². The first-order valence-corrected chi connectivity index (χ1v) is 13.0. The van der Waals surface area contributed by atoms with E-state index in [1.54, 1.807) is 4.68 Å². The highest BCUT2D eigenvalue weighted by molar-refractivity contribution is 5.88. The third kappa shape index (κ3) is 4.31. The Morgan fingerprint density at radius 3 is 2.17 bits per heavy atom. The van der Waals surface area contributed by atoms with Crippen molar-refractivity contribution in [2.24, 2.45) is 23.2 Å². The predicted octanol–water partition coefficient (Wildman–Crippen LogP) is 4.81. The molecule has 7 rings (SSSR count). The molecule has 7 nitrogen and oxygen atoms in total. The van der Waals surface area contributed by atoms with Crippen LogP contribution in [-0.2, 0) is 9.53 Å². The highest BCUT2D eigenvalue weighted by atomic mass is 16.5. The number of para-hydroxylation sites is 1. The maximum absolute atomic E-state index is 12.8. The maximum Gasteiger partial charge on any atom is 0.378 e. The van der Waals surface area contributed by atoms with Crippen molar-refractivity contribution in [2.45, 2.75) is 51.5 Å². The second kappa shape index (κ2) is 9.19. The van der Waals surface area contributed by atoms with Crippen LogP contribution in [0, 0.1) is 23.2 Å². The van der Waals surface area contributed by atoms with Crippen LogP contribution in [0.15, 0.2) is 60.7 Å². The Labute approximate surface area is 211 Å². The number of esters is 1. The maximum atomic E-state index is 12.8. The van der Waals surface area contributed by atoms with Crippen molar-refractivity contribution in [3.05, 3.63) is 66.5 Å². The first-order valence-electron chi connectivity index (χ1n) is 13.0. The van der Waals surface area contributed by atoms with Crippen LogP contribution < -0.4 is 5.32 Å². The van der Waals surface area contributed by atoms with Gasteiger partial charge in [-0.15, -0.1) is 5.10 Å². The number of ether oxygens (including phenoxy) is 1. The van der Waals surface area contributed by atoms with Gasteiger partial charge in [-0.2, -0.15) is 0 Å². The third-order valence-corrected chi connectivity index (χ3v) is 8.54. The highest BCUT2D eigenvalue weighted by Gasteiger charge is 2.53. The van der Waals surface area contributed by atoms with Crippen LogP contribution in [0.5, 0.6) is 0 Å². The normalized spacial score (nSPS) is 27.0. The zero-order chi connectivity index (χ0) is 24.7. The molecule has 1 heterocycles. The van der Waals surface area contributed by atoms with Gasteiger partial charge in [0.05, 0.1) is 5.69 Å². The monoisotopic (exact) mass is 484 g/mol. The summed E-state index contributed by atoms with van der Waals surface area (Å²) >= 11 is 0. The summed E-state index contributed by atoms with van der Waals surface area (Å²) in [7, 11) is 0. The van der Waals surface area contributed by atoms with Crippen LogP contribution in [-0.4, -0.2) is 39.3 Å². The Kier molecular flexibility index (Phi) is 5.86. The second-order valence-electron chi connectivity index (χ2n) is 11.0. The zero-order valence-corrected chi connectivity index (χ0v) is 20.6. The number of carbonyl (C=O) groups is 2. The Hall–Kier alpha value is -3.48. The summed E-state index contributed by atoms with van der Waals surface area (Å²) in [4.78, 5) is 30.1. The lowest BCUT2D eigenvalue weighted by molar-refractivity contribution is -0.128. The first kappa shape index (κ1) is 23.0. The molecule has 186 valence electrons. The Bertz CT molecular complexity index is 1160. The average Bonchev–Trinajstić information content (AvgIpc) is 3.33. The Morgan fingerprint density at radius 2 is 1.56 bits per heavy atom. The number of rotatable bonds is 7. The molecular formula is C29H32N4O3. The molecule has 4 aliphatic carbocycles. The molecule has 1 atom stereocenters.